The molecule has 1 unspecified atom stereocenters. The number of nitrogens with zero attached hydrogens (tertiary/aromatic N) is 1. The highest BCUT2D eigenvalue weighted by Gasteiger charge is 2.29. The molecule has 0 radical (unpaired) electrons. The van der Waals surface area contributed by atoms with Gasteiger partial charge in [-0.25, -0.2) is 0 Å². The number of hydrogen-bond donors (Lipinski definition) is 1. The molecule has 0 spiro atoms. The van der Waals surface area contributed by atoms with Crippen LogP contribution in [0.15, 0.2) is 10.8 Å². The Balaban J connectivity index is 2.18. The minimum Gasteiger partial charge on any atom is -0.378 e. The average molecular weight is 180 g/mol. The molecule has 0 saturated heterocycles. The van der Waals surface area contributed by atoms with Crippen molar-refractivity contribution < 1.29 is 4.52 Å². The lowest BCUT2D eigenvalue weighted by Crippen LogP contribution is -2.36. The van der Waals surface area contributed by atoms with Crippen LogP contribution in [0.1, 0.15) is 32.9 Å². The normalized spacial score (nSPS) is 22.2. The van der Waals surface area contributed by atoms with Crippen LogP contribution >= 0.6 is 0 Å². The molecule has 0 saturated carbocycles. The van der Waals surface area contributed by atoms with E-state index in [-0.39, 0.29) is 0 Å². The summed E-state index contributed by atoms with van der Waals surface area (Å²) < 4.78 is 4.92. The van der Waals surface area contributed by atoms with Crippen molar-refractivity contribution in [3.8, 4) is 0 Å². The molecule has 1 N–H and O–H groups in total. The summed E-state index contributed by atoms with van der Waals surface area (Å²) in [5, 5.41) is 7.40. The van der Waals surface area contributed by atoms with E-state index in [2.05, 4.69) is 31.2 Å². The third-order valence-corrected chi connectivity index (χ3v) is 2.69. The van der Waals surface area contributed by atoms with Gasteiger partial charge in [0.1, 0.15) is 12.0 Å². The van der Waals surface area contributed by atoms with Gasteiger partial charge in [-0.3, -0.25) is 0 Å². The Bertz CT molecular complexity index is 298. The molecule has 1 atom stereocenters. The van der Waals surface area contributed by atoms with Crippen LogP contribution in [0, 0.1) is 5.41 Å². The molecule has 2 rings (SSSR count). The molecule has 3 heteroatoms. The van der Waals surface area contributed by atoms with Crippen molar-refractivity contribution >= 4 is 5.69 Å². The van der Waals surface area contributed by atoms with E-state index in [4.69, 9.17) is 4.52 Å². The van der Waals surface area contributed by atoms with E-state index >= 15 is 0 Å². The van der Waals surface area contributed by atoms with Gasteiger partial charge in [-0.2, -0.15) is 0 Å². The Morgan fingerprint density at radius 3 is 3.00 bits per heavy atom. The Kier molecular flexibility index (Phi) is 1.82. The van der Waals surface area contributed by atoms with Crippen LogP contribution in [0.4, 0.5) is 5.69 Å². The lowest BCUT2D eigenvalue weighted by Gasteiger charge is -2.34. The van der Waals surface area contributed by atoms with Crippen LogP contribution in [0.2, 0.25) is 0 Å². The number of rotatable bonds is 0. The number of aromatic nitrogens is 1. The van der Waals surface area contributed by atoms with Gasteiger partial charge in [0.25, 0.3) is 0 Å². The Labute approximate surface area is 78.5 Å². The van der Waals surface area contributed by atoms with E-state index in [0.717, 1.165) is 24.2 Å². The monoisotopic (exact) mass is 180 g/mol. The third-order valence-electron chi connectivity index (χ3n) is 2.69. The predicted molar refractivity (Wildman–Crippen MR) is 51.7 cm³/mol. The summed E-state index contributed by atoms with van der Waals surface area (Å²) >= 11 is 0. The largest absolute Gasteiger partial charge is 0.378 e. The molecule has 1 aromatic rings. The highest BCUT2D eigenvalue weighted by atomic mass is 16.5. The van der Waals surface area contributed by atoms with Gasteiger partial charge in [-0.1, -0.05) is 25.9 Å². The van der Waals surface area contributed by atoms with E-state index in [1.54, 1.807) is 6.26 Å². The minimum absolute atomic E-state index is 0.301. The van der Waals surface area contributed by atoms with Gasteiger partial charge in [0.2, 0.25) is 0 Å². The van der Waals surface area contributed by atoms with Gasteiger partial charge in [0.05, 0.1) is 5.69 Å². The number of anilines is 1. The van der Waals surface area contributed by atoms with Crippen molar-refractivity contribution in [1.82, 2.24) is 5.16 Å². The molecule has 72 valence electrons. The summed E-state index contributed by atoms with van der Waals surface area (Å²) in [7, 11) is 0. The summed E-state index contributed by atoms with van der Waals surface area (Å²) in [5.74, 6) is 0. The topological polar surface area (TPSA) is 38.1 Å². The Morgan fingerprint density at radius 2 is 2.31 bits per heavy atom. The van der Waals surface area contributed by atoms with Gasteiger partial charge >= 0.3 is 0 Å². The first-order valence-electron chi connectivity index (χ1n) is 4.77. The second-order valence-corrected chi connectivity index (χ2v) is 4.78. The molecule has 1 aliphatic heterocycles. The first-order chi connectivity index (χ1) is 6.07. The van der Waals surface area contributed by atoms with Crippen LogP contribution in [0.3, 0.4) is 0 Å². The maximum absolute atomic E-state index is 4.92. The lowest BCUT2D eigenvalue weighted by molar-refractivity contribution is 0.319. The summed E-state index contributed by atoms with van der Waals surface area (Å²) in [6.07, 6.45) is 3.87. The standard InChI is InChI=1S/C10H16N2O/c1-10(2,3)9-5-4-7-8(11-9)6-13-12-7/h6,9,11H,4-5H2,1-3H3. The smallest absolute Gasteiger partial charge is 0.147 e. The fraction of sp³-hybridized carbons (Fsp3) is 0.700. The second kappa shape index (κ2) is 2.76. The summed E-state index contributed by atoms with van der Waals surface area (Å²) in [5.41, 5.74) is 2.45. The first-order valence-corrected chi connectivity index (χ1v) is 4.77. The maximum Gasteiger partial charge on any atom is 0.147 e. The zero-order valence-corrected chi connectivity index (χ0v) is 8.42. The van der Waals surface area contributed by atoms with E-state index in [9.17, 15) is 0 Å². The lowest BCUT2D eigenvalue weighted by atomic mass is 9.82. The molecule has 13 heavy (non-hydrogen) atoms. The van der Waals surface area contributed by atoms with Gasteiger partial charge < -0.3 is 9.84 Å². The number of nitrogens with one attached hydrogen (secondary N) is 1. The number of hydrogen-bond acceptors (Lipinski definition) is 3. The van der Waals surface area contributed by atoms with Crippen LogP contribution in [-0.4, -0.2) is 11.2 Å². The Hall–Kier alpha value is -0.990. The molecular formula is C10H16N2O. The molecule has 0 aliphatic carbocycles. The fourth-order valence-electron chi connectivity index (χ4n) is 1.75. The van der Waals surface area contributed by atoms with Gasteiger partial charge in [-0.05, 0) is 18.3 Å². The number of aryl methyl sites for hydroxylation is 1. The fourth-order valence-corrected chi connectivity index (χ4v) is 1.75. The molecule has 0 fully saturated rings. The second-order valence-electron chi connectivity index (χ2n) is 4.78. The molecular weight excluding hydrogens is 164 g/mol. The average Bonchev–Trinajstić information content (AvgIpc) is 2.47. The third kappa shape index (κ3) is 1.55. The van der Waals surface area contributed by atoms with E-state index < -0.39 is 0 Å². The van der Waals surface area contributed by atoms with E-state index in [0.29, 0.717) is 11.5 Å². The number of fused-ring (bicyclic) bond motifs is 1. The van der Waals surface area contributed by atoms with E-state index in [1.807, 2.05) is 0 Å². The molecule has 1 aromatic heterocycles. The zero-order chi connectivity index (χ0) is 9.47. The quantitative estimate of drug-likeness (QED) is 0.666. The van der Waals surface area contributed by atoms with Crippen LogP contribution in [-0.2, 0) is 6.42 Å². The van der Waals surface area contributed by atoms with Crippen molar-refractivity contribution in [3.05, 3.63) is 12.0 Å². The zero-order valence-electron chi connectivity index (χ0n) is 8.42. The molecule has 1 aliphatic rings. The van der Waals surface area contributed by atoms with Crippen LogP contribution in [0.5, 0.6) is 0 Å². The van der Waals surface area contributed by atoms with Crippen LogP contribution < -0.4 is 5.32 Å². The van der Waals surface area contributed by atoms with Crippen molar-refractivity contribution in [3.63, 3.8) is 0 Å². The molecule has 0 bridgehead atoms. The van der Waals surface area contributed by atoms with Crippen molar-refractivity contribution in [2.24, 2.45) is 5.41 Å². The van der Waals surface area contributed by atoms with Crippen molar-refractivity contribution in [2.75, 3.05) is 5.32 Å². The van der Waals surface area contributed by atoms with Crippen molar-refractivity contribution in [1.29, 1.82) is 0 Å². The van der Waals surface area contributed by atoms with Crippen LogP contribution in [0.25, 0.3) is 0 Å². The first kappa shape index (κ1) is 8.60. The summed E-state index contributed by atoms with van der Waals surface area (Å²) in [6, 6.07) is 0.527. The molecule has 0 aromatic carbocycles. The molecule has 3 nitrogen and oxygen atoms in total. The van der Waals surface area contributed by atoms with Gasteiger partial charge in [0, 0.05) is 6.04 Å². The van der Waals surface area contributed by atoms with Gasteiger partial charge in [-0.15, -0.1) is 0 Å². The minimum atomic E-state index is 0.301. The molecule has 2 heterocycles. The highest BCUT2D eigenvalue weighted by Crippen LogP contribution is 2.32. The predicted octanol–water partition coefficient (Wildman–Crippen LogP) is 2.45. The summed E-state index contributed by atoms with van der Waals surface area (Å²) in [4.78, 5) is 0. The SMILES string of the molecule is CC(C)(C)C1CCc2nocc2N1. The van der Waals surface area contributed by atoms with Crippen molar-refractivity contribution in [2.45, 2.75) is 39.7 Å². The highest BCUT2D eigenvalue weighted by molar-refractivity contribution is 5.48. The maximum atomic E-state index is 4.92. The Morgan fingerprint density at radius 1 is 1.54 bits per heavy atom. The van der Waals surface area contributed by atoms with E-state index in [1.165, 1.54) is 0 Å². The van der Waals surface area contributed by atoms with Gasteiger partial charge in [0.15, 0.2) is 0 Å². The molecule has 0 amide bonds. The summed E-state index contributed by atoms with van der Waals surface area (Å²) in [6.45, 7) is 6.76.